The van der Waals surface area contributed by atoms with Gasteiger partial charge in [0.05, 0.1) is 7.11 Å². The molecule has 0 aromatic carbocycles. The van der Waals surface area contributed by atoms with Crippen molar-refractivity contribution in [3.05, 3.63) is 0 Å². The first kappa shape index (κ1) is 9.83. The Bertz CT molecular complexity index is 226. The van der Waals surface area contributed by atoms with Gasteiger partial charge in [0.2, 0.25) is 0 Å². The van der Waals surface area contributed by atoms with Gasteiger partial charge in [-0.3, -0.25) is 0 Å². The van der Waals surface area contributed by atoms with E-state index in [-0.39, 0.29) is 5.92 Å². The molecule has 1 saturated heterocycles. The van der Waals surface area contributed by atoms with Crippen LogP contribution >= 0.6 is 0 Å². The molecular weight excluding hydrogens is 174 g/mol. The standard InChI is InChI=1S/C8H13NO4/c1-4(2)6-5(7(10)12-3)9-8(11)13-6/h4-6H,1-3H3,(H,9,11). The second-order valence-electron chi connectivity index (χ2n) is 3.26. The van der Waals surface area contributed by atoms with Gasteiger partial charge in [0.25, 0.3) is 0 Å². The quantitative estimate of drug-likeness (QED) is 0.631. The molecule has 0 spiro atoms. The van der Waals surface area contributed by atoms with Crippen LogP contribution in [-0.2, 0) is 14.3 Å². The molecule has 0 bridgehead atoms. The molecule has 0 radical (unpaired) electrons. The highest BCUT2D eigenvalue weighted by atomic mass is 16.6. The van der Waals surface area contributed by atoms with Crippen LogP contribution in [0.1, 0.15) is 13.8 Å². The lowest BCUT2D eigenvalue weighted by atomic mass is 10.0. The number of carbonyl (C=O) groups excluding carboxylic acids is 2. The number of cyclic esters (lactones) is 1. The molecular formula is C8H13NO4. The lowest BCUT2D eigenvalue weighted by Gasteiger charge is -2.17. The molecule has 1 fully saturated rings. The number of alkyl carbamates (subject to hydrolysis) is 1. The number of carbonyl (C=O) groups is 2. The first-order valence-corrected chi connectivity index (χ1v) is 4.11. The van der Waals surface area contributed by atoms with E-state index in [4.69, 9.17) is 4.74 Å². The molecule has 5 nitrogen and oxygen atoms in total. The van der Waals surface area contributed by atoms with Crippen LogP contribution in [0.3, 0.4) is 0 Å². The molecule has 1 amide bonds. The van der Waals surface area contributed by atoms with Crippen molar-refractivity contribution in [1.82, 2.24) is 5.32 Å². The molecule has 1 rings (SSSR count). The molecule has 1 aliphatic heterocycles. The topological polar surface area (TPSA) is 64.6 Å². The lowest BCUT2D eigenvalue weighted by Crippen LogP contribution is -2.42. The van der Waals surface area contributed by atoms with Crippen LogP contribution in [0, 0.1) is 5.92 Å². The maximum atomic E-state index is 11.2. The van der Waals surface area contributed by atoms with E-state index < -0.39 is 24.2 Å². The predicted octanol–water partition coefficient (Wildman–Crippen LogP) is 0.292. The Hall–Kier alpha value is -1.26. The fourth-order valence-electron chi connectivity index (χ4n) is 1.28. The Morgan fingerprint density at radius 3 is 2.69 bits per heavy atom. The molecule has 5 heteroatoms. The van der Waals surface area contributed by atoms with Crippen LogP contribution in [-0.4, -0.2) is 31.3 Å². The van der Waals surface area contributed by atoms with E-state index >= 15 is 0 Å². The Kier molecular flexibility index (Phi) is 2.75. The normalized spacial score (nSPS) is 26.9. The number of amides is 1. The number of hydrogen-bond donors (Lipinski definition) is 1. The number of ether oxygens (including phenoxy) is 2. The van der Waals surface area contributed by atoms with Crippen LogP contribution < -0.4 is 5.32 Å². The summed E-state index contributed by atoms with van der Waals surface area (Å²) < 4.78 is 9.44. The van der Waals surface area contributed by atoms with Gasteiger partial charge in [-0.1, -0.05) is 13.8 Å². The zero-order chi connectivity index (χ0) is 10.0. The molecule has 13 heavy (non-hydrogen) atoms. The van der Waals surface area contributed by atoms with Crippen molar-refractivity contribution in [2.45, 2.75) is 26.0 Å². The third kappa shape index (κ3) is 1.91. The highest BCUT2D eigenvalue weighted by Gasteiger charge is 2.41. The van der Waals surface area contributed by atoms with Crippen LogP contribution in [0.15, 0.2) is 0 Å². The monoisotopic (exact) mass is 187 g/mol. The lowest BCUT2D eigenvalue weighted by molar-refractivity contribution is -0.144. The summed E-state index contributed by atoms with van der Waals surface area (Å²) in [7, 11) is 1.28. The van der Waals surface area contributed by atoms with Gasteiger partial charge in [0.15, 0.2) is 6.04 Å². The highest BCUT2D eigenvalue weighted by Crippen LogP contribution is 2.17. The van der Waals surface area contributed by atoms with E-state index in [0.29, 0.717) is 0 Å². The van der Waals surface area contributed by atoms with E-state index in [9.17, 15) is 9.59 Å². The van der Waals surface area contributed by atoms with Crippen molar-refractivity contribution in [3.8, 4) is 0 Å². The summed E-state index contributed by atoms with van der Waals surface area (Å²) in [5.41, 5.74) is 0. The third-order valence-corrected chi connectivity index (χ3v) is 1.96. The zero-order valence-electron chi connectivity index (χ0n) is 7.87. The van der Waals surface area contributed by atoms with Crippen molar-refractivity contribution in [3.63, 3.8) is 0 Å². The Morgan fingerprint density at radius 1 is 1.62 bits per heavy atom. The molecule has 2 unspecified atom stereocenters. The van der Waals surface area contributed by atoms with E-state index in [1.165, 1.54) is 7.11 Å². The summed E-state index contributed by atoms with van der Waals surface area (Å²) in [6, 6.07) is -0.669. The molecule has 0 aliphatic carbocycles. The van der Waals surface area contributed by atoms with Gasteiger partial charge in [-0.05, 0) is 5.92 Å². The summed E-state index contributed by atoms with van der Waals surface area (Å²) in [5, 5.41) is 2.40. The first-order valence-electron chi connectivity index (χ1n) is 4.11. The summed E-state index contributed by atoms with van der Waals surface area (Å²) in [5.74, 6) is -0.382. The molecule has 0 saturated carbocycles. The molecule has 1 aliphatic rings. The Morgan fingerprint density at radius 2 is 2.23 bits per heavy atom. The molecule has 1 N–H and O–H groups in total. The zero-order valence-corrected chi connectivity index (χ0v) is 7.87. The van der Waals surface area contributed by atoms with Gasteiger partial charge in [0.1, 0.15) is 6.10 Å². The maximum Gasteiger partial charge on any atom is 0.408 e. The maximum absolute atomic E-state index is 11.2. The fraction of sp³-hybridized carbons (Fsp3) is 0.750. The van der Waals surface area contributed by atoms with Crippen LogP contribution in [0.4, 0.5) is 4.79 Å². The minimum absolute atomic E-state index is 0.0862. The molecule has 2 atom stereocenters. The number of rotatable bonds is 2. The van der Waals surface area contributed by atoms with Crippen LogP contribution in [0.25, 0.3) is 0 Å². The number of nitrogens with one attached hydrogen (secondary N) is 1. The van der Waals surface area contributed by atoms with E-state index in [1.807, 2.05) is 13.8 Å². The predicted molar refractivity (Wildman–Crippen MR) is 44.0 cm³/mol. The second-order valence-corrected chi connectivity index (χ2v) is 3.26. The van der Waals surface area contributed by atoms with Crippen molar-refractivity contribution in [2.24, 2.45) is 5.92 Å². The first-order chi connectivity index (χ1) is 6.06. The molecule has 0 aromatic heterocycles. The minimum atomic E-state index is -0.669. The second kappa shape index (κ2) is 3.64. The number of methoxy groups -OCH3 is 1. The van der Waals surface area contributed by atoms with Gasteiger partial charge in [-0.15, -0.1) is 0 Å². The van der Waals surface area contributed by atoms with Gasteiger partial charge in [-0.2, -0.15) is 0 Å². The summed E-state index contributed by atoms with van der Waals surface area (Å²) in [6.07, 6.45) is -0.992. The van der Waals surface area contributed by atoms with Crippen molar-refractivity contribution >= 4 is 12.1 Å². The average molecular weight is 187 g/mol. The number of hydrogen-bond acceptors (Lipinski definition) is 4. The summed E-state index contributed by atoms with van der Waals surface area (Å²) in [6.45, 7) is 3.75. The smallest absolute Gasteiger partial charge is 0.408 e. The molecule has 1 heterocycles. The van der Waals surface area contributed by atoms with E-state index in [0.717, 1.165) is 0 Å². The van der Waals surface area contributed by atoms with E-state index in [2.05, 4.69) is 10.1 Å². The Labute approximate surface area is 76.4 Å². The van der Waals surface area contributed by atoms with Gasteiger partial charge >= 0.3 is 12.1 Å². The molecule has 74 valence electrons. The van der Waals surface area contributed by atoms with Crippen molar-refractivity contribution in [2.75, 3.05) is 7.11 Å². The number of esters is 1. The van der Waals surface area contributed by atoms with Gasteiger partial charge in [0, 0.05) is 0 Å². The summed E-state index contributed by atoms with van der Waals surface area (Å²) >= 11 is 0. The van der Waals surface area contributed by atoms with Gasteiger partial charge in [-0.25, -0.2) is 9.59 Å². The average Bonchev–Trinajstić information content (AvgIpc) is 2.46. The van der Waals surface area contributed by atoms with E-state index in [1.54, 1.807) is 0 Å². The highest BCUT2D eigenvalue weighted by molar-refractivity contribution is 5.84. The third-order valence-electron chi connectivity index (χ3n) is 1.96. The van der Waals surface area contributed by atoms with Crippen LogP contribution in [0.2, 0.25) is 0 Å². The molecule has 0 aromatic rings. The van der Waals surface area contributed by atoms with Crippen molar-refractivity contribution < 1.29 is 19.1 Å². The summed E-state index contributed by atoms with van der Waals surface area (Å²) in [4.78, 5) is 22.0. The Balaban J connectivity index is 2.71. The SMILES string of the molecule is COC(=O)C1NC(=O)OC1C(C)C. The van der Waals surface area contributed by atoms with Crippen LogP contribution in [0.5, 0.6) is 0 Å². The van der Waals surface area contributed by atoms with Gasteiger partial charge < -0.3 is 14.8 Å². The van der Waals surface area contributed by atoms with Crippen molar-refractivity contribution in [1.29, 1.82) is 0 Å². The largest absolute Gasteiger partial charge is 0.467 e. The fourth-order valence-corrected chi connectivity index (χ4v) is 1.28. The minimum Gasteiger partial charge on any atom is -0.467 e.